The first kappa shape index (κ1) is 14.2. The molecule has 0 fully saturated rings. The molecule has 0 atom stereocenters. The van der Waals surface area contributed by atoms with E-state index >= 15 is 0 Å². The molecule has 0 unspecified atom stereocenters. The normalized spacial score (nSPS) is 11.4. The second-order valence-corrected chi connectivity index (χ2v) is 4.91. The molecule has 0 radical (unpaired) electrons. The van der Waals surface area contributed by atoms with Crippen molar-refractivity contribution in [2.24, 2.45) is 0 Å². The summed E-state index contributed by atoms with van der Waals surface area (Å²) in [6.45, 7) is 4.72. The zero-order valence-electron chi connectivity index (χ0n) is 12.3. The highest BCUT2D eigenvalue weighted by molar-refractivity contribution is 5.73. The maximum Gasteiger partial charge on any atom is 0.332 e. The molecular formula is C12H16N8O2. The van der Waals surface area contributed by atoms with Crippen LogP contribution in [0.25, 0.3) is 22.8 Å². The van der Waals surface area contributed by atoms with E-state index < -0.39 is 0 Å². The fraction of sp³-hybridized carbons (Fsp3) is 0.500. The number of nitrogens with one attached hydrogen (secondary N) is 2. The first-order valence-electron chi connectivity index (χ1n) is 7.14. The summed E-state index contributed by atoms with van der Waals surface area (Å²) in [6.07, 6.45) is 1.45. The SMILES string of the molecule is CCCn1c(=O)c2[nH]c(-c3nn[nH]n3)nc2n(CCC)c1=O. The van der Waals surface area contributed by atoms with Gasteiger partial charge in [-0.1, -0.05) is 13.8 Å². The topological polar surface area (TPSA) is 127 Å². The van der Waals surface area contributed by atoms with Crippen molar-refractivity contribution in [1.82, 2.24) is 39.7 Å². The van der Waals surface area contributed by atoms with Crippen LogP contribution in [0.15, 0.2) is 9.59 Å². The molecule has 2 N–H and O–H groups in total. The summed E-state index contributed by atoms with van der Waals surface area (Å²) in [5.41, 5.74) is -0.117. The van der Waals surface area contributed by atoms with Gasteiger partial charge in [0.25, 0.3) is 5.56 Å². The van der Waals surface area contributed by atoms with Gasteiger partial charge in [0, 0.05) is 13.1 Å². The molecule has 0 aliphatic heterocycles. The van der Waals surface area contributed by atoms with E-state index in [2.05, 4.69) is 30.6 Å². The van der Waals surface area contributed by atoms with Gasteiger partial charge in [0.2, 0.25) is 5.82 Å². The van der Waals surface area contributed by atoms with E-state index in [0.29, 0.717) is 31.0 Å². The summed E-state index contributed by atoms with van der Waals surface area (Å²) in [6, 6.07) is 0. The van der Waals surface area contributed by atoms with E-state index in [0.717, 1.165) is 6.42 Å². The lowest BCUT2D eigenvalue weighted by molar-refractivity contribution is 0.555. The minimum Gasteiger partial charge on any atom is -0.329 e. The Morgan fingerprint density at radius 2 is 1.82 bits per heavy atom. The van der Waals surface area contributed by atoms with Crippen LogP contribution >= 0.6 is 0 Å². The molecule has 116 valence electrons. The van der Waals surface area contributed by atoms with E-state index in [1.165, 1.54) is 9.13 Å². The maximum atomic E-state index is 12.5. The van der Waals surface area contributed by atoms with Crippen molar-refractivity contribution >= 4 is 11.2 Å². The number of fused-ring (bicyclic) bond motifs is 1. The van der Waals surface area contributed by atoms with Gasteiger partial charge in [0.15, 0.2) is 17.0 Å². The predicted octanol–water partition coefficient (Wildman–Crippen LogP) is -0.114. The number of tetrazole rings is 1. The third-order valence-electron chi connectivity index (χ3n) is 3.31. The maximum absolute atomic E-state index is 12.5. The minimum absolute atomic E-state index is 0.244. The second-order valence-electron chi connectivity index (χ2n) is 4.91. The third-order valence-corrected chi connectivity index (χ3v) is 3.31. The Bertz CT molecular complexity index is 902. The molecule has 3 heterocycles. The van der Waals surface area contributed by atoms with E-state index in [1.807, 2.05) is 13.8 Å². The second kappa shape index (κ2) is 5.54. The summed E-state index contributed by atoms with van der Waals surface area (Å²) in [7, 11) is 0. The van der Waals surface area contributed by atoms with Crippen LogP contribution in [0.3, 0.4) is 0 Å². The Labute approximate surface area is 124 Å². The Morgan fingerprint density at radius 1 is 1.09 bits per heavy atom. The van der Waals surface area contributed by atoms with Crippen LogP contribution in [0.4, 0.5) is 0 Å². The highest BCUT2D eigenvalue weighted by Crippen LogP contribution is 2.13. The number of H-pyrrole nitrogens is 2. The number of aromatic nitrogens is 8. The van der Waals surface area contributed by atoms with Crippen LogP contribution in [-0.2, 0) is 13.1 Å². The average Bonchev–Trinajstić information content (AvgIpc) is 3.16. The zero-order valence-corrected chi connectivity index (χ0v) is 12.3. The molecule has 3 aromatic rings. The van der Waals surface area contributed by atoms with Crippen molar-refractivity contribution in [1.29, 1.82) is 0 Å². The number of rotatable bonds is 5. The summed E-state index contributed by atoms with van der Waals surface area (Å²) < 4.78 is 2.74. The van der Waals surface area contributed by atoms with Crippen molar-refractivity contribution in [3.8, 4) is 11.6 Å². The lowest BCUT2D eigenvalue weighted by Crippen LogP contribution is -2.40. The van der Waals surface area contributed by atoms with Gasteiger partial charge >= 0.3 is 5.69 Å². The molecule has 10 heteroatoms. The third kappa shape index (κ3) is 2.12. The van der Waals surface area contributed by atoms with Gasteiger partial charge in [-0.3, -0.25) is 13.9 Å². The molecule has 22 heavy (non-hydrogen) atoms. The highest BCUT2D eigenvalue weighted by atomic mass is 16.2. The molecule has 0 spiro atoms. The number of hydrogen-bond donors (Lipinski definition) is 2. The molecule has 0 aliphatic carbocycles. The fourth-order valence-electron chi connectivity index (χ4n) is 2.38. The molecule has 0 aliphatic rings. The molecule has 0 saturated carbocycles. The van der Waals surface area contributed by atoms with Crippen molar-refractivity contribution in [2.75, 3.05) is 0 Å². The van der Waals surface area contributed by atoms with Gasteiger partial charge in [-0.15, -0.1) is 10.2 Å². The van der Waals surface area contributed by atoms with Gasteiger partial charge in [0.1, 0.15) is 0 Å². The molecule has 10 nitrogen and oxygen atoms in total. The van der Waals surface area contributed by atoms with Crippen LogP contribution in [0.2, 0.25) is 0 Å². The van der Waals surface area contributed by atoms with Gasteiger partial charge < -0.3 is 4.98 Å². The summed E-state index contributed by atoms with van der Waals surface area (Å²) in [5, 5.41) is 13.5. The number of aryl methyl sites for hydroxylation is 1. The molecule has 3 rings (SSSR count). The molecule has 3 aromatic heterocycles. The zero-order chi connectivity index (χ0) is 15.7. The number of nitrogens with zero attached hydrogens (tertiary/aromatic N) is 6. The first-order valence-corrected chi connectivity index (χ1v) is 7.14. The van der Waals surface area contributed by atoms with E-state index in [4.69, 9.17) is 0 Å². The van der Waals surface area contributed by atoms with Crippen molar-refractivity contribution < 1.29 is 0 Å². The summed E-state index contributed by atoms with van der Waals surface area (Å²) >= 11 is 0. The molecule has 0 aromatic carbocycles. The Kier molecular flexibility index (Phi) is 3.57. The smallest absolute Gasteiger partial charge is 0.329 e. The number of hydrogen-bond acceptors (Lipinski definition) is 6. The highest BCUT2D eigenvalue weighted by Gasteiger charge is 2.18. The molecule has 0 bridgehead atoms. The molecule has 0 amide bonds. The largest absolute Gasteiger partial charge is 0.332 e. The van der Waals surface area contributed by atoms with E-state index in [-0.39, 0.29) is 22.6 Å². The van der Waals surface area contributed by atoms with Gasteiger partial charge in [-0.2, -0.15) is 5.21 Å². The van der Waals surface area contributed by atoms with E-state index in [9.17, 15) is 9.59 Å². The van der Waals surface area contributed by atoms with Crippen LogP contribution < -0.4 is 11.2 Å². The van der Waals surface area contributed by atoms with Crippen LogP contribution in [-0.4, -0.2) is 39.7 Å². The quantitative estimate of drug-likeness (QED) is 0.677. The van der Waals surface area contributed by atoms with Gasteiger partial charge in [0.05, 0.1) is 0 Å². The van der Waals surface area contributed by atoms with E-state index in [1.54, 1.807) is 0 Å². The minimum atomic E-state index is -0.378. The van der Waals surface area contributed by atoms with Gasteiger partial charge in [-0.25, -0.2) is 9.78 Å². The molecular weight excluding hydrogens is 288 g/mol. The first-order chi connectivity index (χ1) is 10.7. The van der Waals surface area contributed by atoms with Crippen molar-refractivity contribution in [2.45, 2.75) is 39.8 Å². The van der Waals surface area contributed by atoms with Crippen LogP contribution in [0.1, 0.15) is 26.7 Å². The fourth-order valence-corrected chi connectivity index (χ4v) is 2.38. The number of imidazole rings is 1. The number of aromatic amines is 2. The summed E-state index contributed by atoms with van der Waals surface area (Å²) in [4.78, 5) is 32.2. The van der Waals surface area contributed by atoms with Crippen LogP contribution in [0, 0.1) is 0 Å². The van der Waals surface area contributed by atoms with Crippen molar-refractivity contribution in [3.05, 3.63) is 20.8 Å². The lowest BCUT2D eigenvalue weighted by Gasteiger charge is -2.09. The standard InChI is InChI=1S/C12H16N8O2/c1-3-5-19-10-7(11(21)20(6-4-2)12(19)22)13-8(14-10)9-15-17-18-16-9/h3-6H2,1-2H3,(H,13,14)(H,15,16,17,18). The Balaban J connectivity index is 2.33. The average molecular weight is 304 g/mol. The Hall–Kier alpha value is -2.78. The van der Waals surface area contributed by atoms with Crippen molar-refractivity contribution in [3.63, 3.8) is 0 Å². The van der Waals surface area contributed by atoms with Crippen LogP contribution in [0.5, 0.6) is 0 Å². The van der Waals surface area contributed by atoms with Gasteiger partial charge in [-0.05, 0) is 18.1 Å². The predicted molar refractivity (Wildman–Crippen MR) is 78.4 cm³/mol. The Morgan fingerprint density at radius 3 is 2.45 bits per heavy atom. The molecule has 0 saturated heterocycles. The summed E-state index contributed by atoms with van der Waals surface area (Å²) in [5.74, 6) is 0.549. The monoisotopic (exact) mass is 304 g/mol. The lowest BCUT2D eigenvalue weighted by atomic mass is 10.4.